The Morgan fingerprint density at radius 2 is 1.86 bits per heavy atom. The van der Waals surface area contributed by atoms with Crippen molar-refractivity contribution < 1.29 is 13.9 Å². The third-order valence-corrected chi connectivity index (χ3v) is 6.72. The molecule has 5 heterocycles. The number of nitrogens with zero attached hydrogens (tertiary/aromatic N) is 6. The fourth-order valence-electron chi connectivity index (χ4n) is 4.84. The lowest BCUT2D eigenvalue weighted by atomic mass is 10.0. The molecule has 0 aliphatic carbocycles. The van der Waals surface area contributed by atoms with Crippen molar-refractivity contribution in [2.75, 3.05) is 32.8 Å². The third-order valence-electron chi connectivity index (χ3n) is 6.72. The molecule has 6 rings (SSSR count). The monoisotopic (exact) mass is 472 g/mol. The molecule has 1 aromatic carbocycles. The lowest BCUT2D eigenvalue weighted by molar-refractivity contribution is 0.0339. The number of aromatic nitrogens is 4. The van der Waals surface area contributed by atoms with Crippen molar-refractivity contribution in [3.8, 4) is 11.4 Å². The van der Waals surface area contributed by atoms with Crippen LogP contribution in [0.15, 0.2) is 54.7 Å². The first-order valence-electron chi connectivity index (χ1n) is 11.8. The zero-order valence-corrected chi connectivity index (χ0v) is 19.2. The molecule has 0 unspecified atom stereocenters. The van der Waals surface area contributed by atoms with Gasteiger partial charge in [0.05, 0.1) is 47.6 Å². The zero-order valence-electron chi connectivity index (χ0n) is 19.2. The van der Waals surface area contributed by atoms with Gasteiger partial charge in [-0.2, -0.15) is 0 Å². The SMILES string of the molecule is O=C1c2ccc(-c3cccc4cnnn34)nc2CCN1Cc1cc(F)ccc1CN1CCOCC1. The molecule has 0 bridgehead atoms. The summed E-state index contributed by atoms with van der Waals surface area (Å²) in [5.41, 5.74) is 5.71. The highest BCUT2D eigenvalue weighted by Crippen LogP contribution is 2.26. The van der Waals surface area contributed by atoms with Crippen LogP contribution >= 0.6 is 0 Å². The molecule has 2 aliphatic rings. The van der Waals surface area contributed by atoms with Gasteiger partial charge in [0, 0.05) is 39.1 Å². The number of hydrogen-bond acceptors (Lipinski definition) is 6. The van der Waals surface area contributed by atoms with E-state index in [-0.39, 0.29) is 11.7 Å². The van der Waals surface area contributed by atoms with Crippen LogP contribution in [0.25, 0.3) is 16.9 Å². The predicted octanol–water partition coefficient (Wildman–Crippen LogP) is 2.96. The van der Waals surface area contributed by atoms with Gasteiger partial charge in [0.25, 0.3) is 5.91 Å². The Hall–Kier alpha value is -3.69. The maximum absolute atomic E-state index is 14.2. The minimum Gasteiger partial charge on any atom is -0.379 e. The number of benzene rings is 1. The smallest absolute Gasteiger partial charge is 0.256 e. The van der Waals surface area contributed by atoms with Crippen molar-refractivity contribution >= 4 is 11.4 Å². The highest BCUT2D eigenvalue weighted by Gasteiger charge is 2.27. The summed E-state index contributed by atoms with van der Waals surface area (Å²) in [6.07, 6.45) is 2.33. The van der Waals surface area contributed by atoms with Crippen molar-refractivity contribution in [2.24, 2.45) is 0 Å². The molecule has 0 atom stereocenters. The van der Waals surface area contributed by atoms with Gasteiger partial charge in [0.2, 0.25) is 0 Å². The molecule has 1 amide bonds. The molecular weight excluding hydrogens is 447 g/mol. The number of halogens is 1. The Morgan fingerprint density at radius 1 is 0.971 bits per heavy atom. The summed E-state index contributed by atoms with van der Waals surface area (Å²) in [5.74, 6) is -0.366. The molecular formula is C26H25FN6O2. The van der Waals surface area contributed by atoms with E-state index in [0.29, 0.717) is 38.3 Å². The van der Waals surface area contributed by atoms with Gasteiger partial charge in [-0.05, 0) is 47.5 Å². The highest BCUT2D eigenvalue weighted by molar-refractivity contribution is 5.96. The number of carbonyl (C=O) groups is 1. The second-order valence-corrected chi connectivity index (χ2v) is 8.95. The first kappa shape index (κ1) is 21.8. The van der Waals surface area contributed by atoms with Crippen LogP contribution in [0.5, 0.6) is 0 Å². The van der Waals surface area contributed by atoms with E-state index in [1.165, 1.54) is 6.07 Å². The van der Waals surface area contributed by atoms with Crippen molar-refractivity contribution in [1.29, 1.82) is 0 Å². The average molecular weight is 473 g/mol. The summed E-state index contributed by atoms with van der Waals surface area (Å²) in [7, 11) is 0. The molecule has 178 valence electrons. The fourth-order valence-corrected chi connectivity index (χ4v) is 4.84. The molecule has 0 N–H and O–H groups in total. The molecule has 3 aromatic heterocycles. The van der Waals surface area contributed by atoms with Crippen LogP contribution in [0.1, 0.15) is 27.2 Å². The molecule has 8 nitrogen and oxygen atoms in total. The van der Waals surface area contributed by atoms with E-state index in [0.717, 1.165) is 53.4 Å². The number of ether oxygens (including phenoxy) is 1. The standard InChI is InChI=1S/C26H25FN6O2/c27-20-5-4-18(16-31-10-12-35-13-11-31)19(14-20)17-32-9-8-23-22(26(32)34)6-7-24(29-23)25-3-1-2-21-15-28-30-33(21)25/h1-7,14-15H,8-13,16-17H2. The number of carbonyl (C=O) groups excluding carboxylic acids is 1. The topological polar surface area (TPSA) is 75.9 Å². The molecule has 2 aliphatic heterocycles. The maximum atomic E-state index is 14.2. The molecule has 0 spiro atoms. The van der Waals surface area contributed by atoms with Gasteiger partial charge < -0.3 is 9.64 Å². The molecule has 4 aromatic rings. The summed E-state index contributed by atoms with van der Waals surface area (Å²) in [4.78, 5) is 22.3. The van der Waals surface area contributed by atoms with Crippen molar-refractivity contribution in [1.82, 2.24) is 29.6 Å². The molecule has 1 fully saturated rings. The van der Waals surface area contributed by atoms with Crippen LogP contribution in [0.3, 0.4) is 0 Å². The number of pyridine rings is 2. The van der Waals surface area contributed by atoms with Crippen molar-refractivity contribution in [3.63, 3.8) is 0 Å². The summed E-state index contributed by atoms with van der Waals surface area (Å²) in [6, 6.07) is 14.4. The van der Waals surface area contributed by atoms with Crippen LogP contribution in [-0.4, -0.2) is 68.4 Å². The van der Waals surface area contributed by atoms with Crippen molar-refractivity contribution in [2.45, 2.75) is 19.5 Å². The van der Waals surface area contributed by atoms with Crippen LogP contribution in [0, 0.1) is 5.82 Å². The van der Waals surface area contributed by atoms with E-state index in [1.54, 1.807) is 21.7 Å². The van der Waals surface area contributed by atoms with E-state index in [4.69, 9.17) is 9.72 Å². The summed E-state index contributed by atoms with van der Waals surface area (Å²) in [6.45, 7) is 4.73. The number of fused-ring (bicyclic) bond motifs is 2. The molecule has 0 saturated carbocycles. The number of hydrogen-bond donors (Lipinski definition) is 0. The minimum atomic E-state index is -0.288. The van der Waals surface area contributed by atoms with E-state index < -0.39 is 0 Å². The number of morpholine rings is 1. The number of rotatable bonds is 5. The van der Waals surface area contributed by atoms with E-state index in [9.17, 15) is 9.18 Å². The Balaban J connectivity index is 1.24. The van der Waals surface area contributed by atoms with Crippen LogP contribution < -0.4 is 0 Å². The van der Waals surface area contributed by atoms with Gasteiger partial charge in [-0.25, -0.2) is 8.91 Å². The Kier molecular flexibility index (Phi) is 5.71. The molecule has 1 saturated heterocycles. The van der Waals surface area contributed by atoms with Gasteiger partial charge in [-0.1, -0.05) is 17.3 Å². The Bertz CT molecular complexity index is 1400. The van der Waals surface area contributed by atoms with Gasteiger partial charge >= 0.3 is 0 Å². The first-order valence-corrected chi connectivity index (χ1v) is 11.8. The quantitative estimate of drug-likeness (QED) is 0.445. The highest BCUT2D eigenvalue weighted by atomic mass is 19.1. The third kappa shape index (κ3) is 4.28. The summed E-state index contributed by atoms with van der Waals surface area (Å²) < 4.78 is 21.3. The molecule has 0 radical (unpaired) electrons. The van der Waals surface area contributed by atoms with Crippen LogP contribution in [0.2, 0.25) is 0 Å². The molecule has 9 heteroatoms. The van der Waals surface area contributed by atoms with E-state index in [1.807, 2.05) is 36.4 Å². The largest absolute Gasteiger partial charge is 0.379 e. The zero-order chi connectivity index (χ0) is 23.8. The van der Waals surface area contributed by atoms with Gasteiger partial charge in [0.1, 0.15) is 5.82 Å². The van der Waals surface area contributed by atoms with E-state index >= 15 is 0 Å². The first-order chi connectivity index (χ1) is 17.2. The van der Waals surface area contributed by atoms with Crippen LogP contribution in [0.4, 0.5) is 4.39 Å². The van der Waals surface area contributed by atoms with E-state index in [2.05, 4.69) is 15.2 Å². The maximum Gasteiger partial charge on any atom is 0.256 e. The van der Waals surface area contributed by atoms with Crippen LogP contribution in [-0.2, 0) is 24.2 Å². The normalized spacial score (nSPS) is 16.6. The van der Waals surface area contributed by atoms with Gasteiger partial charge in [-0.3, -0.25) is 14.7 Å². The predicted molar refractivity (Wildman–Crippen MR) is 127 cm³/mol. The van der Waals surface area contributed by atoms with Gasteiger partial charge in [0.15, 0.2) is 0 Å². The minimum absolute atomic E-state index is 0.0779. The van der Waals surface area contributed by atoms with Crippen molar-refractivity contribution in [3.05, 3.63) is 82.9 Å². The Morgan fingerprint density at radius 3 is 2.74 bits per heavy atom. The fraction of sp³-hybridized carbons (Fsp3) is 0.308. The summed E-state index contributed by atoms with van der Waals surface area (Å²) >= 11 is 0. The van der Waals surface area contributed by atoms with Gasteiger partial charge in [-0.15, -0.1) is 5.10 Å². The average Bonchev–Trinajstić information content (AvgIpc) is 3.37. The molecule has 35 heavy (non-hydrogen) atoms. The lowest BCUT2D eigenvalue weighted by Crippen LogP contribution is -2.38. The second kappa shape index (κ2) is 9.16. The second-order valence-electron chi connectivity index (χ2n) is 8.95. The Labute approximate surface area is 201 Å². The summed E-state index contributed by atoms with van der Waals surface area (Å²) in [5, 5.41) is 8.12. The lowest BCUT2D eigenvalue weighted by Gasteiger charge is -2.31. The number of amides is 1.